The third-order valence-corrected chi connectivity index (χ3v) is 6.22. The average Bonchev–Trinajstić information content (AvgIpc) is 3.14. The molecule has 0 radical (unpaired) electrons. The molecule has 5 heteroatoms. The van der Waals surface area contributed by atoms with E-state index in [0.717, 1.165) is 54.7 Å². The molecular formula is C23H27Cl2NO2. The van der Waals surface area contributed by atoms with Crippen molar-refractivity contribution in [3.8, 4) is 5.75 Å². The Bertz CT molecular complexity index is 860. The van der Waals surface area contributed by atoms with Gasteiger partial charge in [-0.25, -0.2) is 0 Å². The van der Waals surface area contributed by atoms with E-state index in [9.17, 15) is 4.79 Å². The van der Waals surface area contributed by atoms with Crippen LogP contribution in [0.4, 0.5) is 5.69 Å². The Balaban J connectivity index is 1.85. The van der Waals surface area contributed by atoms with E-state index in [-0.39, 0.29) is 12.0 Å². The highest BCUT2D eigenvalue weighted by Gasteiger charge is 2.44. The maximum atomic E-state index is 13.4. The standard InChI is InChI=1S/C23H27Cl2NO2/c1-4-16(3)28-21-10-8-18(13-15(21)2)26-22(27)23(11-5-6-12-23)19-9-7-17(24)14-20(19)25/h7-10,13-14,16H,4-6,11-12H2,1-3H3,(H,26,27)/t16-/m1/s1. The molecule has 0 aliphatic heterocycles. The molecule has 0 aromatic heterocycles. The molecule has 2 aromatic carbocycles. The molecule has 0 heterocycles. The van der Waals surface area contributed by atoms with Gasteiger partial charge in [-0.3, -0.25) is 4.79 Å². The van der Waals surface area contributed by atoms with Gasteiger partial charge in [-0.2, -0.15) is 0 Å². The number of benzene rings is 2. The summed E-state index contributed by atoms with van der Waals surface area (Å²) < 4.78 is 5.93. The molecule has 0 spiro atoms. The lowest BCUT2D eigenvalue weighted by atomic mass is 9.78. The zero-order chi connectivity index (χ0) is 20.3. The summed E-state index contributed by atoms with van der Waals surface area (Å²) in [7, 11) is 0. The number of amides is 1. The van der Waals surface area contributed by atoms with E-state index >= 15 is 0 Å². The van der Waals surface area contributed by atoms with Gasteiger partial charge in [-0.15, -0.1) is 0 Å². The van der Waals surface area contributed by atoms with Crippen molar-refractivity contribution in [1.82, 2.24) is 0 Å². The minimum absolute atomic E-state index is 0.00998. The first-order valence-corrected chi connectivity index (χ1v) is 10.7. The summed E-state index contributed by atoms with van der Waals surface area (Å²) in [6.07, 6.45) is 4.69. The third kappa shape index (κ3) is 4.31. The highest BCUT2D eigenvalue weighted by atomic mass is 35.5. The van der Waals surface area contributed by atoms with Crippen LogP contribution in [-0.2, 0) is 10.2 Å². The Labute approximate surface area is 177 Å². The molecule has 1 N–H and O–H groups in total. The summed E-state index contributed by atoms with van der Waals surface area (Å²) in [5.41, 5.74) is 2.03. The number of anilines is 1. The SMILES string of the molecule is CC[C@@H](C)Oc1ccc(NC(=O)C2(c3ccc(Cl)cc3Cl)CCCC2)cc1C. The van der Waals surface area contributed by atoms with Crippen LogP contribution in [0.15, 0.2) is 36.4 Å². The van der Waals surface area contributed by atoms with Gasteiger partial charge < -0.3 is 10.1 Å². The molecule has 1 saturated carbocycles. The number of carbonyl (C=O) groups is 1. The Morgan fingerprint density at radius 1 is 1.18 bits per heavy atom. The van der Waals surface area contributed by atoms with E-state index in [0.29, 0.717) is 10.0 Å². The van der Waals surface area contributed by atoms with Crippen molar-refractivity contribution in [3.63, 3.8) is 0 Å². The van der Waals surface area contributed by atoms with Gasteiger partial charge in [-0.1, -0.05) is 49.0 Å². The molecule has 1 aliphatic rings. The minimum atomic E-state index is -0.610. The lowest BCUT2D eigenvalue weighted by Crippen LogP contribution is -2.38. The Hall–Kier alpha value is -1.71. The smallest absolute Gasteiger partial charge is 0.235 e. The lowest BCUT2D eigenvalue weighted by molar-refractivity contribution is -0.121. The summed E-state index contributed by atoms with van der Waals surface area (Å²) >= 11 is 12.5. The van der Waals surface area contributed by atoms with E-state index in [4.69, 9.17) is 27.9 Å². The molecule has 0 bridgehead atoms. The number of hydrogen-bond donors (Lipinski definition) is 1. The van der Waals surface area contributed by atoms with Gasteiger partial charge in [0.25, 0.3) is 0 Å². The maximum absolute atomic E-state index is 13.4. The quantitative estimate of drug-likeness (QED) is 0.550. The first-order valence-electron chi connectivity index (χ1n) is 9.90. The second kappa shape index (κ2) is 8.75. The summed E-state index contributed by atoms with van der Waals surface area (Å²) in [6.45, 7) is 6.14. The first-order chi connectivity index (χ1) is 13.4. The fourth-order valence-electron chi connectivity index (χ4n) is 3.89. The van der Waals surface area contributed by atoms with Gasteiger partial charge in [0.15, 0.2) is 0 Å². The van der Waals surface area contributed by atoms with Crippen LogP contribution in [0.25, 0.3) is 0 Å². The Kier molecular flexibility index (Phi) is 6.57. The summed E-state index contributed by atoms with van der Waals surface area (Å²) in [4.78, 5) is 13.4. The number of ether oxygens (including phenoxy) is 1. The molecule has 1 aliphatic carbocycles. The lowest BCUT2D eigenvalue weighted by Gasteiger charge is -2.29. The fraction of sp³-hybridized carbons (Fsp3) is 0.435. The molecule has 0 unspecified atom stereocenters. The minimum Gasteiger partial charge on any atom is -0.490 e. The van der Waals surface area contributed by atoms with Crippen LogP contribution in [0.1, 0.15) is 57.1 Å². The molecular weight excluding hydrogens is 393 g/mol. The second-order valence-corrected chi connectivity index (χ2v) is 8.53. The van der Waals surface area contributed by atoms with E-state index in [1.807, 2.05) is 31.2 Å². The van der Waals surface area contributed by atoms with Crippen molar-refractivity contribution in [3.05, 3.63) is 57.6 Å². The Morgan fingerprint density at radius 2 is 1.89 bits per heavy atom. The third-order valence-electron chi connectivity index (χ3n) is 5.67. The van der Waals surface area contributed by atoms with E-state index in [1.165, 1.54) is 0 Å². The predicted molar refractivity (Wildman–Crippen MR) is 117 cm³/mol. The number of nitrogens with one attached hydrogen (secondary N) is 1. The van der Waals surface area contributed by atoms with Crippen molar-refractivity contribution in [2.75, 3.05) is 5.32 Å². The average molecular weight is 420 g/mol. The van der Waals surface area contributed by atoms with Crippen LogP contribution in [0.5, 0.6) is 5.75 Å². The molecule has 2 aromatic rings. The monoisotopic (exact) mass is 419 g/mol. The fourth-order valence-corrected chi connectivity index (χ4v) is 4.47. The first kappa shape index (κ1) is 21.0. The van der Waals surface area contributed by atoms with Gasteiger partial charge in [0.05, 0.1) is 11.5 Å². The molecule has 0 saturated heterocycles. The number of rotatable bonds is 6. The van der Waals surface area contributed by atoms with Gasteiger partial charge in [0.1, 0.15) is 5.75 Å². The summed E-state index contributed by atoms with van der Waals surface area (Å²) in [5, 5.41) is 4.25. The van der Waals surface area contributed by atoms with Crippen LogP contribution in [0.2, 0.25) is 10.0 Å². The van der Waals surface area contributed by atoms with Crippen LogP contribution in [-0.4, -0.2) is 12.0 Å². The van der Waals surface area contributed by atoms with Crippen LogP contribution >= 0.6 is 23.2 Å². The van der Waals surface area contributed by atoms with Crippen molar-refractivity contribution in [2.24, 2.45) is 0 Å². The van der Waals surface area contributed by atoms with Crippen molar-refractivity contribution < 1.29 is 9.53 Å². The van der Waals surface area contributed by atoms with Gasteiger partial charge in [-0.05, 0) is 74.6 Å². The number of halogens is 2. The van der Waals surface area contributed by atoms with E-state index in [1.54, 1.807) is 12.1 Å². The maximum Gasteiger partial charge on any atom is 0.235 e. The topological polar surface area (TPSA) is 38.3 Å². The normalized spacial score (nSPS) is 16.6. The van der Waals surface area contributed by atoms with Crippen LogP contribution < -0.4 is 10.1 Å². The molecule has 3 nitrogen and oxygen atoms in total. The Morgan fingerprint density at radius 3 is 2.50 bits per heavy atom. The highest BCUT2D eigenvalue weighted by molar-refractivity contribution is 6.35. The molecule has 3 rings (SSSR count). The predicted octanol–water partition coefficient (Wildman–Crippen LogP) is 6.93. The largest absolute Gasteiger partial charge is 0.490 e. The molecule has 1 amide bonds. The summed E-state index contributed by atoms with van der Waals surface area (Å²) in [6, 6.07) is 11.2. The van der Waals surface area contributed by atoms with Crippen molar-refractivity contribution in [2.45, 2.75) is 64.4 Å². The molecule has 1 fully saturated rings. The van der Waals surface area contributed by atoms with Gasteiger partial charge in [0, 0.05) is 15.7 Å². The zero-order valence-electron chi connectivity index (χ0n) is 16.6. The van der Waals surface area contributed by atoms with Gasteiger partial charge >= 0.3 is 0 Å². The molecule has 1 atom stereocenters. The number of carbonyl (C=O) groups excluding carboxylic acids is 1. The van der Waals surface area contributed by atoms with Gasteiger partial charge in [0.2, 0.25) is 5.91 Å². The summed E-state index contributed by atoms with van der Waals surface area (Å²) in [5.74, 6) is 0.841. The van der Waals surface area contributed by atoms with E-state index in [2.05, 4.69) is 19.2 Å². The molecule has 150 valence electrons. The number of aryl methyl sites for hydroxylation is 1. The highest BCUT2D eigenvalue weighted by Crippen LogP contribution is 2.45. The van der Waals surface area contributed by atoms with Crippen molar-refractivity contribution >= 4 is 34.8 Å². The molecule has 28 heavy (non-hydrogen) atoms. The zero-order valence-corrected chi connectivity index (χ0v) is 18.2. The van der Waals surface area contributed by atoms with Crippen LogP contribution in [0.3, 0.4) is 0 Å². The van der Waals surface area contributed by atoms with E-state index < -0.39 is 5.41 Å². The second-order valence-electron chi connectivity index (χ2n) is 7.68. The van der Waals surface area contributed by atoms with Crippen molar-refractivity contribution in [1.29, 1.82) is 0 Å². The number of hydrogen-bond acceptors (Lipinski definition) is 2. The van der Waals surface area contributed by atoms with Crippen LogP contribution in [0, 0.1) is 6.92 Å².